The first-order valence-electron chi connectivity index (χ1n) is 7.16. The summed E-state index contributed by atoms with van der Waals surface area (Å²) in [6.07, 6.45) is 3.57. The first kappa shape index (κ1) is 15.4. The second-order valence-corrected chi connectivity index (χ2v) is 5.06. The summed E-state index contributed by atoms with van der Waals surface area (Å²) in [6.45, 7) is 5.34. The number of methoxy groups -OCH3 is 1. The maximum absolute atomic E-state index is 11.3. The number of nitrogens with zero attached hydrogens (tertiary/aromatic N) is 4. The Balaban J connectivity index is 2.26. The van der Waals surface area contributed by atoms with Gasteiger partial charge in [0.2, 0.25) is 5.82 Å². The van der Waals surface area contributed by atoms with E-state index in [2.05, 4.69) is 15.3 Å². The van der Waals surface area contributed by atoms with Crippen LogP contribution in [0.3, 0.4) is 0 Å². The summed E-state index contributed by atoms with van der Waals surface area (Å²) in [5.41, 5.74) is -0.161. The van der Waals surface area contributed by atoms with Gasteiger partial charge in [0, 0.05) is 13.1 Å². The highest BCUT2D eigenvalue weighted by Gasteiger charge is 2.28. The van der Waals surface area contributed by atoms with Crippen molar-refractivity contribution < 1.29 is 9.66 Å². The van der Waals surface area contributed by atoms with Gasteiger partial charge in [0.15, 0.2) is 0 Å². The van der Waals surface area contributed by atoms with Crippen LogP contribution in [0.4, 0.5) is 11.5 Å². The average Bonchev–Trinajstić information content (AvgIpc) is 2.52. The molecule has 1 aromatic heterocycles. The van der Waals surface area contributed by atoms with Gasteiger partial charge in [0.1, 0.15) is 6.33 Å². The van der Waals surface area contributed by atoms with Crippen molar-refractivity contribution in [3.63, 3.8) is 0 Å². The number of rotatable bonds is 6. The number of ether oxygens (including phenoxy) is 1. The number of hydrogen-bond donors (Lipinski definition) is 1. The van der Waals surface area contributed by atoms with E-state index in [1.165, 1.54) is 13.4 Å². The summed E-state index contributed by atoms with van der Waals surface area (Å²) in [7, 11) is 1.38. The SMILES string of the molecule is CCN(CC1CCCNC1)c1ncnc(OC)c1[N+](=O)[O-]. The third kappa shape index (κ3) is 3.57. The Morgan fingerprint density at radius 2 is 2.38 bits per heavy atom. The second kappa shape index (κ2) is 7.16. The zero-order valence-electron chi connectivity index (χ0n) is 12.4. The fourth-order valence-corrected chi connectivity index (χ4v) is 2.65. The largest absolute Gasteiger partial charge is 0.476 e. The summed E-state index contributed by atoms with van der Waals surface area (Å²) in [6, 6.07) is 0. The van der Waals surface area contributed by atoms with Gasteiger partial charge >= 0.3 is 5.69 Å². The summed E-state index contributed by atoms with van der Waals surface area (Å²) >= 11 is 0. The van der Waals surface area contributed by atoms with Crippen LogP contribution < -0.4 is 15.0 Å². The molecular weight excluding hydrogens is 274 g/mol. The number of piperidine rings is 1. The van der Waals surface area contributed by atoms with E-state index >= 15 is 0 Å². The Kier molecular flexibility index (Phi) is 5.26. The summed E-state index contributed by atoms with van der Waals surface area (Å²) in [4.78, 5) is 20.7. The zero-order chi connectivity index (χ0) is 15.2. The molecule has 0 aliphatic carbocycles. The smallest absolute Gasteiger partial charge is 0.372 e. The van der Waals surface area contributed by atoms with Gasteiger partial charge < -0.3 is 15.0 Å². The molecule has 0 radical (unpaired) electrons. The number of anilines is 1. The predicted molar refractivity (Wildman–Crippen MR) is 78.7 cm³/mol. The normalized spacial score (nSPS) is 18.3. The molecule has 8 heteroatoms. The van der Waals surface area contributed by atoms with Crippen molar-refractivity contribution in [2.75, 3.05) is 38.2 Å². The fraction of sp³-hybridized carbons (Fsp3) is 0.692. The van der Waals surface area contributed by atoms with E-state index in [0.717, 1.165) is 32.5 Å². The van der Waals surface area contributed by atoms with Gasteiger partial charge in [0.05, 0.1) is 12.0 Å². The fourth-order valence-electron chi connectivity index (χ4n) is 2.65. The molecule has 0 spiro atoms. The number of nitrogens with one attached hydrogen (secondary N) is 1. The van der Waals surface area contributed by atoms with Gasteiger partial charge in [-0.3, -0.25) is 10.1 Å². The van der Waals surface area contributed by atoms with Crippen LogP contribution in [0.25, 0.3) is 0 Å². The Labute approximate surface area is 123 Å². The molecule has 1 fully saturated rings. The van der Waals surface area contributed by atoms with Crippen molar-refractivity contribution in [2.24, 2.45) is 5.92 Å². The van der Waals surface area contributed by atoms with Crippen molar-refractivity contribution >= 4 is 11.5 Å². The van der Waals surface area contributed by atoms with Crippen molar-refractivity contribution in [1.82, 2.24) is 15.3 Å². The quantitative estimate of drug-likeness (QED) is 0.623. The van der Waals surface area contributed by atoms with Crippen LogP contribution in [0.5, 0.6) is 5.88 Å². The van der Waals surface area contributed by atoms with Crippen LogP contribution >= 0.6 is 0 Å². The van der Waals surface area contributed by atoms with E-state index < -0.39 is 4.92 Å². The lowest BCUT2D eigenvalue weighted by atomic mass is 9.99. The van der Waals surface area contributed by atoms with E-state index in [9.17, 15) is 10.1 Å². The molecule has 1 aliphatic heterocycles. The molecule has 1 saturated heterocycles. The third-order valence-electron chi connectivity index (χ3n) is 3.70. The molecule has 2 heterocycles. The van der Waals surface area contributed by atoms with Crippen molar-refractivity contribution in [3.05, 3.63) is 16.4 Å². The minimum Gasteiger partial charge on any atom is -0.476 e. The highest BCUT2D eigenvalue weighted by molar-refractivity contribution is 5.62. The highest BCUT2D eigenvalue weighted by atomic mass is 16.6. The van der Waals surface area contributed by atoms with Crippen LogP contribution in [0.2, 0.25) is 0 Å². The lowest BCUT2D eigenvalue weighted by Crippen LogP contribution is -2.38. The molecule has 1 aliphatic rings. The Bertz CT molecular complexity index is 491. The van der Waals surface area contributed by atoms with Crippen LogP contribution in [0.15, 0.2) is 6.33 Å². The van der Waals surface area contributed by atoms with Gasteiger partial charge in [-0.1, -0.05) is 0 Å². The predicted octanol–water partition coefficient (Wildman–Crippen LogP) is 1.22. The summed E-state index contributed by atoms with van der Waals surface area (Å²) in [5.74, 6) is 0.810. The molecule has 1 N–H and O–H groups in total. The second-order valence-electron chi connectivity index (χ2n) is 5.06. The molecular formula is C13H21N5O3. The average molecular weight is 295 g/mol. The number of nitro groups is 1. The highest BCUT2D eigenvalue weighted by Crippen LogP contribution is 2.33. The molecule has 0 amide bonds. The van der Waals surface area contributed by atoms with Crippen LogP contribution in [0, 0.1) is 16.0 Å². The van der Waals surface area contributed by atoms with Gasteiger partial charge in [-0.25, -0.2) is 4.98 Å². The van der Waals surface area contributed by atoms with Gasteiger partial charge in [0.25, 0.3) is 5.88 Å². The topological polar surface area (TPSA) is 93.4 Å². The van der Waals surface area contributed by atoms with E-state index in [-0.39, 0.29) is 11.6 Å². The van der Waals surface area contributed by atoms with Crippen molar-refractivity contribution in [2.45, 2.75) is 19.8 Å². The minimum atomic E-state index is -0.476. The molecule has 2 rings (SSSR count). The Morgan fingerprint density at radius 1 is 1.57 bits per heavy atom. The van der Waals surface area contributed by atoms with Crippen molar-refractivity contribution in [1.29, 1.82) is 0 Å². The van der Waals surface area contributed by atoms with Gasteiger partial charge in [-0.05, 0) is 38.8 Å². The van der Waals surface area contributed by atoms with E-state index in [0.29, 0.717) is 18.3 Å². The van der Waals surface area contributed by atoms with Crippen LogP contribution in [0.1, 0.15) is 19.8 Å². The third-order valence-corrected chi connectivity index (χ3v) is 3.70. The van der Waals surface area contributed by atoms with Gasteiger partial charge in [-0.15, -0.1) is 0 Å². The van der Waals surface area contributed by atoms with E-state index in [1.54, 1.807) is 0 Å². The van der Waals surface area contributed by atoms with Crippen LogP contribution in [-0.2, 0) is 0 Å². The minimum absolute atomic E-state index is 0.00483. The molecule has 1 aromatic rings. The standard InChI is InChI=1S/C13H21N5O3/c1-3-17(8-10-5-4-6-14-7-10)12-11(18(19)20)13(21-2)16-9-15-12/h9-10,14H,3-8H2,1-2H3. The molecule has 1 unspecified atom stereocenters. The molecule has 116 valence electrons. The molecule has 8 nitrogen and oxygen atoms in total. The maximum atomic E-state index is 11.3. The Morgan fingerprint density at radius 3 is 2.95 bits per heavy atom. The molecule has 0 saturated carbocycles. The summed E-state index contributed by atoms with van der Waals surface area (Å²) < 4.78 is 5.00. The molecule has 21 heavy (non-hydrogen) atoms. The van der Waals surface area contributed by atoms with E-state index in [4.69, 9.17) is 4.74 Å². The van der Waals surface area contributed by atoms with E-state index in [1.807, 2.05) is 11.8 Å². The summed E-state index contributed by atoms with van der Waals surface area (Å²) in [5, 5.41) is 14.7. The monoisotopic (exact) mass is 295 g/mol. The first-order chi connectivity index (χ1) is 10.2. The zero-order valence-corrected chi connectivity index (χ0v) is 12.4. The lowest BCUT2D eigenvalue weighted by Gasteiger charge is -2.29. The number of aromatic nitrogens is 2. The number of hydrogen-bond acceptors (Lipinski definition) is 7. The maximum Gasteiger partial charge on any atom is 0.372 e. The molecule has 0 aromatic carbocycles. The van der Waals surface area contributed by atoms with Crippen LogP contribution in [-0.4, -0.2) is 48.2 Å². The Hall–Kier alpha value is -1.96. The first-order valence-corrected chi connectivity index (χ1v) is 7.16. The van der Waals surface area contributed by atoms with Crippen molar-refractivity contribution in [3.8, 4) is 5.88 Å². The molecule has 1 atom stereocenters. The van der Waals surface area contributed by atoms with Gasteiger partial charge in [-0.2, -0.15) is 4.98 Å². The lowest BCUT2D eigenvalue weighted by molar-refractivity contribution is -0.385. The molecule has 0 bridgehead atoms.